The maximum atomic E-state index is 12.3. The van der Waals surface area contributed by atoms with Crippen LogP contribution in [0.2, 0.25) is 0 Å². The third-order valence-electron chi connectivity index (χ3n) is 4.20. The highest BCUT2D eigenvalue weighted by Gasteiger charge is 2.18. The summed E-state index contributed by atoms with van der Waals surface area (Å²) in [5, 5.41) is 2.85. The first kappa shape index (κ1) is 18.0. The van der Waals surface area contributed by atoms with Crippen molar-refractivity contribution in [3.05, 3.63) is 36.0 Å². The van der Waals surface area contributed by atoms with E-state index in [0.29, 0.717) is 23.2 Å². The monoisotopic (exact) mass is 355 g/mol. The molecule has 3 rings (SSSR count). The molecule has 0 aliphatic carbocycles. The summed E-state index contributed by atoms with van der Waals surface area (Å²) in [6.07, 6.45) is 3.99. The minimum atomic E-state index is -0.243. The summed E-state index contributed by atoms with van der Waals surface area (Å²) in [4.78, 5) is 25.3. The second kappa shape index (κ2) is 8.03. The van der Waals surface area contributed by atoms with Gasteiger partial charge in [-0.3, -0.25) is 4.79 Å². The summed E-state index contributed by atoms with van der Waals surface area (Å²) >= 11 is 0. The lowest BCUT2D eigenvalue weighted by Crippen LogP contribution is -2.25. The largest absolute Gasteiger partial charge is 0.484 e. The average molecular weight is 355 g/mol. The fraction of sp³-hybridized carbons (Fsp3) is 0.421. The van der Waals surface area contributed by atoms with Crippen molar-refractivity contribution in [1.29, 1.82) is 0 Å². The molecule has 2 heterocycles. The van der Waals surface area contributed by atoms with Crippen LogP contribution >= 0.6 is 0 Å². The molecule has 1 amide bonds. The number of carbonyl (C=O) groups is 1. The Morgan fingerprint density at radius 2 is 2.08 bits per heavy atom. The minimum absolute atomic E-state index is 0.0653. The van der Waals surface area contributed by atoms with Gasteiger partial charge < -0.3 is 19.9 Å². The maximum Gasteiger partial charge on any atom is 0.262 e. The van der Waals surface area contributed by atoms with E-state index in [1.807, 2.05) is 50.2 Å². The molecular formula is C19H25N5O2. The lowest BCUT2D eigenvalue weighted by atomic mass is 10.2. The number of rotatable bonds is 6. The molecule has 0 unspecified atom stereocenters. The second-order valence-electron chi connectivity index (χ2n) is 6.65. The zero-order valence-electron chi connectivity index (χ0n) is 15.5. The Labute approximate surface area is 154 Å². The van der Waals surface area contributed by atoms with Gasteiger partial charge in [0, 0.05) is 27.2 Å². The van der Waals surface area contributed by atoms with Crippen molar-refractivity contribution in [2.75, 3.05) is 48.9 Å². The molecule has 1 aromatic heterocycles. The molecule has 1 aliphatic rings. The maximum absolute atomic E-state index is 12.3. The van der Waals surface area contributed by atoms with Crippen LogP contribution in [0, 0.1) is 6.92 Å². The van der Waals surface area contributed by atoms with Gasteiger partial charge >= 0.3 is 0 Å². The van der Waals surface area contributed by atoms with Crippen LogP contribution in [0.15, 0.2) is 30.5 Å². The molecule has 0 saturated carbocycles. The van der Waals surface area contributed by atoms with E-state index in [9.17, 15) is 4.79 Å². The molecule has 1 aliphatic heterocycles. The Kier molecular flexibility index (Phi) is 5.55. The van der Waals surface area contributed by atoms with Gasteiger partial charge in [0.2, 0.25) is 5.95 Å². The number of ether oxygens (including phenoxy) is 1. The van der Waals surface area contributed by atoms with Crippen molar-refractivity contribution < 1.29 is 9.53 Å². The Bertz CT molecular complexity index is 772. The van der Waals surface area contributed by atoms with Gasteiger partial charge in [-0.05, 0) is 37.5 Å². The highest BCUT2D eigenvalue weighted by molar-refractivity contribution is 5.94. The summed E-state index contributed by atoms with van der Waals surface area (Å²) in [5.74, 6) is 1.83. The number of hydrogen-bond donors (Lipinski definition) is 1. The molecule has 0 bridgehead atoms. The Hall–Kier alpha value is -2.83. The molecule has 0 atom stereocenters. The van der Waals surface area contributed by atoms with Crippen molar-refractivity contribution in [3.63, 3.8) is 0 Å². The van der Waals surface area contributed by atoms with E-state index in [4.69, 9.17) is 4.74 Å². The molecule has 1 saturated heterocycles. The van der Waals surface area contributed by atoms with E-state index in [-0.39, 0.29) is 12.5 Å². The summed E-state index contributed by atoms with van der Waals surface area (Å²) in [6, 6.07) is 7.61. The van der Waals surface area contributed by atoms with Gasteiger partial charge in [0.05, 0.1) is 6.20 Å². The number of aryl methyl sites for hydroxylation is 1. The average Bonchev–Trinajstić information content (AvgIpc) is 3.15. The van der Waals surface area contributed by atoms with Crippen LogP contribution in [-0.2, 0) is 4.79 Å². The highest BCUT2D eigenvalue weighted by atomic mass is 16.5. The van der Waals surface area contributed by atoms with E-state index in [1.54, 1.807) is 6.20 Å². The number of hydrogen-bond acceptors (Lipinski definition) is 6. The Morgan fingerprint density at radius 1 is 1.31 bits per heavy atom. The van der Waals surface area contributed by atoms with E-state index in [0.717, 1.165) is 31.5 Å². The topological polar surface area (TPSA) is 70.6 Å². The predicted octanol–water partition coefficient (Wildman–Crippen LogP) is 2.47. The standard InChI is InChI=1S/C19H25N5O2/c1-14-7-6-8-15(11-14)26-13-17(25)21-16-12-20-19(22-18(16)23(2)3)24-9-4-5-10-24/h6-8,11-12H,4-5,9-10,13H2,1-3H3,(H,21,25). The molecule has 1 N–H and O–H groups in total. The number of carbonyl (C=O) groups excluding carboxylic acids is 1. The van der Waals surface area contributed by atoms with Crippen LogP contribution in [0.3, 0.4) is 0 Å². The molecule has 0 spiro atoms. The zero-order chi connectivity index (χ0) is 18.5. The van der Waals surface area contributed by atoms with Gasteiger partial charge in [-0.25, -0.2) is 4.98 Å². The van der Waals surface area contributed by atoms with Crippen molar-refractivity contribution in [2.24, 2.45) is 0 Å². The van der Waals surface area contributed by atoms with Crippen LogP contribution < -0.4 is 19.9 Å². The van der Waals surface area contributed by atoms with Gasteiger partial charge in [0.1, 0.15) is 11.4 Å². The number of benzene rings is 1. The van der Waals surface area contributed by atoms with Crippen LogP contribution in [-0.4, -0.2) is 49.7 Å². The quantitative estimate of drug-likeness (QED) is 0.858. The van der Waals surface area contributed by atoms with Crippen molar-refractivity contribution in [2.45, 2.75) is 19.8 Å². The Balaban J connectivity index is 1.66. The molecule has 7 nitrogen and oxygen atoms in total. The van der Waals surface area contributed by atoms with Crippen LogP contribution in [0.1, 0.15) is 18.4 Å². The third kappa shape index (κ3) is 4.41. The molecule has 7 heteroatoms. The van der Waals surface area contributed by atoms with E-state index in [1.165, 1.54) is 0 Å². The molecule has 0 radical (unpaired) electrons. The van der Waals surface area contributed by atoms with Crippen molar-refractivity contribution >= 4 is 23.4 Å². The van der Waals surface area contributed by atoms with Crippen LogP contribution in [0.4, 0.5) is 17.5 Å². The SMILES string of the molecule is Cc1cccc(OCC(=O)Nc2cnc(N3CCCC3)nc2N(C)C)c1. The number of nitrogens with one attached hydrogen (secondary N) is 1. The highest BCUT2D eigenvalue weighted by Crippen LogP contribution is 2.25. The van der Waals surface area contributed by atoms with Gasteiger partial charge in [-0.1, -0.05) is 12.1 Å². The molecule has 1 fully saturated rings. The second-order valence-corrected chi connectivity index (χ2v) is 6.65. The first-order valence-corrected chi connectivity index (χ1v) is 8.81. The number of anilines is 3. The first-order valence-electron chi connectivity index (χ1n) is 8.81. The van der Waals surface area contributed by atoms with Gasteiger partial charge in [-0.2, -0.15) is 4.98 Å². The molecule has 26 heavy (non-hydrogen) atoms. The van der Waals surface area contributed by atoms with E-state index >= 15 is 0 Å². The first-order chi connectivity index (χ1) is 12.5. The molecule has 138 valence electrons. The van der Waals surface area contributed by atoms with E-state index < -0.39 is 0 Å². The lowest BCUT2D eigenvalue weighted by Gasteiger charge is -2.21. The summed E-state index contributed by atoms with van der Waals surface area (Å²) in [7, 11) is 3.80. The van der Waals surface area contributed by atoms with Gasteiger partial charge in [0.15, 0.2) is 12.4 Å². The molecule has 1 aromatic carbocycles. The minimum Gasteiger partial charge on any atom is -0.484 e. The number of nitrogens with zero attached hydrogens (tertiary/aromatic N) is 4. The summed E-state index contributed by atoms with van der Waals surface area (Å²) in [5.41, 5.74) is 1.67. The summed E-state index contributed by atoms with van der Waals surface area (Å²) in [6.45, 7) is 3.87. The number of amides is 1. The third-order valence-corrected chi connectivity index (χ3v) is 4.20. The molecule has 2 aromatic rings. The lowest BCUT2D eigenvalue weighted by molar-refractivity contribution is -0.118. The normalized spacial score (nSPS) is 13.6. The summed E-state index contributed by atoms with van der Waals surface area (Å²) < 4.78 is 5.55. The van der Waals surface area contributed by atoms with Crippen molar-refractivity contribution in [1.82, 2.24) is 9.97 Å². The van der Waals surface area contributed by atoms with E-state index in [2.05, 4.69) is 20.2 Å². The van der Waals surface area contributed by atoms with Crippen LogP contribution in [0.25, 0.3) is 0 Å². The van der Waals surface area contributed by atoms with Crippen LogP contribution in [0.5, 0.6) is 5.75 Å². The van der Waals surface area contributed by atoms with Gasteiger partial charge in [-0.15, -0.1) is 0 Å². The fourth-order valence-corrected chi connectivity index (χ4v) is 2.90. The predicted molar refractivity (Wildman–Crippen MR) is 103 cm³/mol. The van der Waals surface area contributed by atoms with Crippen molar-refractivity contribution in [3.8, 4) is 5.75 Å². The number of aromatic nitrogens is 2. The molecular weight excluding hydrogens is 330 g/mol. The smallest absolute Gasteiger partial charge is 0.262 e. The van der Waals surface area contributed by atoms with Gasteiger partial charge in [0.25, 0.3) is 5.91 Å². The Morgan fingerprint density at radius 3 is 2.77 bits per heavy atom. The fourth-order valence-electron chi connectivity index (χ4n) is 2.90. The zero-order valence-corrected chi connectivity index (χ0v) is 15.5.